The zero-order valence-corrected chi connectivity index (χ0v) is 10.7. The highest BCUT2D eigenvalue weighted by atomic mass is 16.7. The van der Waals surface area contributed by atoms with Crippen LogP contribution < -0.4 is 5.32 Å². The van der Waals surface area contributed by atoms with E-state index in [4.69, 9.17) is 9.47 Å². The van der Waals surface area contributed by atoms with Crippen molar-refractivity contribution >= 4 is 5.91 Å². The lowest BCUT2D eigenvalue weighted by molar-refractivity contribution is -0.0974. The maximum atomic E-state index is 11.9. The molecule has 0 radical (unpaired) electrons. The van der Waals surface area contributed by atoms with Gasteiger partial charge in [-0.2, -0.15) is 0 Å². The highest BCUT2D eigenvalue weighted by Crippen LogP contribution is 2.10. The maximum absolute atomic E-state index is 11.9. The van der Waals surface area contributed by atoms with Crippen LogP contribution in [0.25, 0.3) is 0 Å². The van der Waals surface area contributed by atoms with Crippen LogP contribution in [0.15, 0.2) is 18.2 Å². The molecular formula is C13H19NO3. The minimum Gasteiger partial charge on any atom is -0.354 e. The van der Waals surface area contributed by atoms with Gasteiger partial charge in [-0.3, -0.25) is 4.79 Å². The van der Waals surface area contributed by atoms with Gasteiger partial charge in [0.15, 0.2) is 6.29 Å². The summed E-state index contributed by atoms with van der Waals surface area (Å²) in [6.07, 6.45) is -0.413. The molecule has 0 saturated carbocycles. The Bertz CT molecular complexity index is 386. The molecule has 0 spiro atoms. The van der Waals surface area contributed by atoms with Crippen molar-refractivity contribution in [2.45, 2.75) is 20.1 Å². The van der Waals surface area contributed by atoms with E-state index >= 15 is 0 Å². The van der Waals surface area contributed by atoms with E-state index in [1.165, 1.54) is 14.2 Å². The number of hydrogen-bond acceptors (Lipinski definition) is 3. The number of hydrogen-bond donors (Lipinski definition) is 1. The summed E-state index contributed by atoms with van der Waals surface area (Å²) in [4.78, 5) is 11.9. The van der Waals surface area contributed by atoms with E-state index < -0.39 is 6.29 Å². The Morgan fingerprint density at radius 1 is 1.29 bits per heavy atom. The molecule has 0 aromatic heterocycles. The Morgan fingerprint density at radius 3 is 2.53 bits per heavy atom. The molecule has 0 heterocycles. The van der Waals surface area contributed by atoms with E-state index in [0.717, 1.165) is 11.1 Å². The van der Waals surface area contributed by atoms with Crippen LogP contribution in [0.2, 0.25) is 0 Å². The van der Waals surface area contributed by atoms with Crippen molar-refractivity contribution in [2.75, 3.05) is 20.8 Å². The molecule has 1 aromatic carbocycles. The van der Waals surface area contributed by atoms with Crippen molar-refractivity contribution in [1.29, 1.82) is 0 Å². The van der Waals surface area contributed by atoms with Crippen LogP contribution in [-0.2, 0) is 9.47 Å². The Balaban J connectivity index is 2.66. The summed E-state index contributed by atoms with van der Waals surface area (Å²) in [6.45, 7) is 4.21. The van der Waals surface area contributed by atoms with Crippen LogP contribution in [0.4, 0.5) is 0 Å². The second-order valence-corrected chi connectivity index (χ2v) is 3.93. The van der Waals surface area contributed by atoms with Gasteiger partial charge in [0.1, 0.15) is 0 Å². The monoisotopic (exact) mass is 237 g/mol. The Labute approximate surface area is 102 Å². The molecule has 94 valence electrons. The molecule has 0 bridgehead atoms. The number of amides is 1. The first kappa shape index (κ1) is 13.7. The van der Waals surface area contributed by atoms with Gasteiger partial charge >= 0.3 is 0 Å². The fourth-order valence-corrected chi connectivity index (χ4v) is 1.51. The fourth-order valence-electron chi connectivity index (χ4n) is 1.51. The fraction of sp³-hybridized carbons (Fsp3) is 0.462. The normalized spacial score (nSPS) is 10.6. The lowest BCUT2D eigenvalue weighted by atomic mass is 10.1. The third-order valence-corrected chi connectivity index (χ3v) is 2.59. The standard InChI is InChI=1S/C13H19NO3/c1-9-5-6-10(2)11(7-9)13(15)14-8-12(16-3)17-4/h5-7,12H,8H2,1-4H3,(H,14,15). The molecule has 4 heteroatoms. The lowest BCUT2D eigenvalue weighted by Crippen LogP contribution is -2.34. The van der Waals surface area contributed by atoms with Gasteiger partial charge in [-0.15, -0.1) is 0 Å². The van der Waals surface area contributed by atoms with E-state index in [2.05, 4.69) is 5.32 Å². The van der Waals surface area contributed by atoms with Crippen LogP contribution in [0.5, 0.6) is 0 Å². The van der Waals surface area contributed by atoms with Crippen molar-refractivity contribution in [3.05, 3.63) is 34.9 Å². The number of ether oxygens (including phenoxy) is 2. The minimum absolute atomic E-state index is 0.106. The maximum Gasteiger partial charge on any atom is 0.251 e. The Hall–Kier alpha value is -1.39. The molecule has 1 rings (SSSR count). The van der Waals surface area contributed by atoms with Crippen molar-refractivity contribution in [3.8, 4) is 0 Å². The summed E-state index contributed by atoms with van der Waals surface area (Å²) in [5, 5.41) is 2.78. The van der Waals surface area contributed by atoms with Gasteiger partial charge in [-0.25, -0.2) is 0 Å². The average molecular weight is 237 g/mol. The van der Waals surface area contributed by atoms with E-state index in [-0.39, 0.29) is 5.91 Å². The van der Waals surface area contributed by atoms with Gasteiger partial charge in [0.05, 0.1) is 6.54 Å². The molecule has 0 aliphatic heterocycles. The topological polar surface area (TPSA) is 47.6 Å². The SMILES string of the molecule is COC(CNC(=O)c1cc(C)ccc1C)OC. The lowest BCUT2D eigenvalue weighted by Gasteiger charge is -2.14. The summed E-state index contributed by atoms with van der Waals surface area (Å²) in [5.41, 5.74) is 2.71. The molecule has 1 amide bonds. The highest BCUT2D eigenvalue weighted by molar-refractivity contribution is 5.95. The number of aryl methyl sites for hydroxylation is 2. The average Bonchev–Trinajstić information content (AvgIpc) is 2.33. The Kier molecular flexibility index (Phi) is 5.12. The molecule has 0 aliphatic carbocycles. The number of methoxy groups -OCH3 is 2. The van der Waals surface area contributed by atoms with Gasteiger partial charge in [0.2, 0.25) is 0 Å². The van der Waals surface area contributed by atoms with E-state index in [1.54, 1.807) is 0 Å². The van der Waals surface area contributed by atoms with Crippen LogP contribution in [0.1, 0.15) is 21.5 Å². The predicted molar refractivity (Wildman–Crippen MR) is 66.1 cm³/mol. The number of carbonyl (C=O) groups excluding carboxylic acids is 1. The molecule has 1 aromatic rings. The van der Waals surface area contributed by atoms with Gasteiger partial charge in [0.25, 0.3) is 5.91 Å². The summed E-state index contributed by atoms with van der Waals surface area (Å²) in [6, 6.07) is 5.80. The minimum atomic E-state index is -0.413. The predicted octanol–water partition coefficient (Wildman–Crippen LogP) is 1.65. The summed E-state index contributed by atoms with van der Waals surface area (Å²) in [7, 11) is 3.08. The molecule has 0 saturated heterocycles. The van der Waals surface area contributed by atoms with Crippen LogP contribution in [-0.4, -0.2) is 33.0 Å². The van der Waals surface area contributed by atoms with Crippen LogP contribution in [0.3, 0.4) is 0 Å². The highest BCUT2D eigenvalue weighted by Gasteiger charge is 2.11. The van der Waals surface area contributed by atoms with Gasteiger partial charge in [-0.05, 0) is 25.5 Å². The second-order valence-electron chi connectivity index (χ2n) is 3.93. The molecular weight excluding hydrogens is 218 g/mol. The van der Waals surface area contributed by atoms with Crippen molar-refractivity contribution in [2.24, 2.45) is 0 Å². The quantitative estimate of drug-likeness (QED) is 0.792. The van der Waals surface area contributed by atoms with Crippen molar-refractivity contribution in [1.82, 2.24) is 5.32 Å². The molecule has 1 N–H and O–H groups in total. The van der Waals surface area contributed by atoms with Crippen LogP contribution in [0, 0.1) is 13.8 Å². The van der Waals surface area contributed by atoms with Gasteiger partial charge in [-0.1, -0.05) is 17.7 Å². The zero-order chi connectivity index (χ0) is 12.8. The zero-order valence-electron chi connectivity index (χ0n) is 10.7. The van der Waals surface area contributed by atoms with E-state index in [9.17, 15) is 4.79 Å². The number of rotatable bonds is 5. The number of nitrogens with one attached hydrogen (secondary N) is 1. The second kappa shape index (κ2) is 6.37. The van der Waals surface area contributed by atoms with Crippen molar-refractivity contribution in [3.63, 3.8) is 0 Å². The number of benzene rings is 1. The summed E-state index contributed by atoms with van der Waals surface area (Å²) in [5.74, 6) is -0.106. The number of carbonyl (C=O) groups is 1. The third-order valence-electron chi connectivity index (χ3n) is 2.59. The first-order chi connectivity index (χ1) is 8.08. The smallest absolute Gasteiger partial charge is 0.251 e. The molecule has 0 unspecified atom stereocenters. The van der Waals surface area contributed by atoms with Crippen LogP contribution >= 0.6 is 0 Å². The molecule has 17 heavy (non-hydrogen) atoms. The van der Waals surface area contributed by atoms with E-state index in [0.29, 0.717) is 12.1 Å². The first-order valence-electron chi connectivity index (χ1n) is 5.49. The van der Waals surface area contributed by atoms with Gasteiger partial charge in [0, 0.05) is 19.8 Å². The van der Waals surface area contributed by atoms with E-state index in [1.807, 2.05) is 32.0 Å². The summed E-state index contributed by atoms with van der Waals surface area (Å²) >= 11 is 0. The third kappa shape index (κ3) is 3.84. The van der Waals surface area contributed by atoms with Gasteiger partial charge < -0.3 is 14.8 Å². The first-order valence-corrected chi connectivity index (χ1v) is 5.49. The van der Waals surface area contributed by atoms with Crippen molar-refractivity contribution < 1.29 is 14.3 Å². The Morgan fingerprint density at radius 2 is 1.94 bits per heavy atom. The molecule has 0 aliphatic rings. The summed E-state index contributed by atoms with van der Waals surface area (Å²) < 4.78 is 10.0. The molecule has 4 nitrogen and oxygen atoms in total. The molecule has 0 fully saturated rings. The molecule has 0 atom stereocenters. The largest absolute Gasteiger partial charge is 0.354 e.